The van der Waals surface area contributed by atoms with Crippen molar-refractivity contribution in [3.05, 3.63) is 28.8 Å². The first-order valence-corrected chi connectivity index (χ1v) is 5.27. The number of phenolic OH excluding ortho intramolecular Hbond substituents is 1. The van der Waals surface area contributed by atoms with Crippen LogP contribution in [0.1, 0.15) is 30.5 Å². The predicted molar refractivity (Wildman–Crippen MR) is 62.7 cm³/mol. The fourth-order valence-electron chi connectivity index (χ4n) is 1.59. The molecule has 0 atom stereocenters. The van der Waals surface area contributed by atoms with Gasteiger partial charge in [-0.15, -0.1) is 0 Å². The van der Waals surface area contributed by atoms with Gasteiger partial charge in [-0.25, -0.2) is 0 Å². The van der Waals surface area contributed by atoms with E-state index < -0.39 is 11.4 Å². The minimum atomic E-state index is -0.865. The van der Waals surface area contributed by atoms with Crippen LogP contribution in [0.15, 0.2) is 12.1 Å². The molecule has 0 saturated carbocycles. The second-order valence-electron chi connectivity index (χ2n) is 4.89. The van der Waals surface area contributed by atoms with Crippen molar-refractivity contribution in [1.29, 1.82) is 0 Å². The van der Waals surface area contributed by atoms with E-state index in [1.54, 1.807) is 13.8 Å². The van der Waals surface area contributed by atoms with Crippen LogP contribution in [0.5, 0.6) is 5.75 Å². The molecule has 3 heteroatoms. The number of aliphatic carboxylic acids is 1. The fourth-order valence-corrected chi connectivity index (χ4v) is 1.59. The molecule has 0 unspecified atom stereocenters. The number of rotatable bonds is 3. The summed E-state index contributed by atoms with van der Waals surface area (Å²) >= 11 is 0. The zero-order valence-corrected chi connectivity index (χ0v) is 10.2. The molecule has 1 aromatic carbocycles. The van der Waals surface area contributed by atoms with Crippen LogP contribution in [0.4, 0.5) is 0 Å². The van der Waals surface area contributed by atoms with Crippen LogP contribution >= 0.6 is 0 Å². The number of carbonyl (C=O) groups is 1. The molecule has 3 nitrogen and oxygen atoms in total. The topological polar surface area (TPSA) is 57.5 Å². The second-order valence-corrected chi connectivity index (χ2v) is 4.89. The molecule has 0 aromatic heterocycles. The lowest BCUT2D eigenvalue weighted by Gasteiger charge is -2.21. The molecule has 0 aliphatic rings. The lowest BCUT2D eigenvalue weighted by Crippen LogP contribution is -2.26. The Bertz CT molecular complexity index is 419. The molecule has 2 N–H and O–H groups in total. The average Bonchev–Trinajstić information content (AvgIpc) is 2.18. The largest absolute Gasteiger partial charge is 0.507 e. The highest BCUT2D eigenvalue weighted by Crippen LogP contribution is 2.32. The third kappa shape index (κ3) is 2.35. The van der Waals surface area contributed by atoms with Crippen LogP contribution < -0.4 is 0 Å². The molecule has 0 amide bonds. The third-order valence-electron chi connectivity index (χ3n) is 2.92. The molecule has 0 aliphatic carbocycles. The summed E-state index contributed by atoms with van der Waals surface area (Å²) in [5.74, 6) is -0.637. The maximum Gasteiger partial charge on any atom is 0.309 e. The number of carboxylic acid groups (broad SMARTS) is 1. The molecule has 16 heavy (non-hydrogen) atoms. The Morgan fingerprint density at radius 3 is 2.25 bits per heavy atom. The Kier molecular flexibility index (Phi) is 3.27. The van der Waals surface area contributed by atoms with Crippen LogP contribution in [-0.2, 0) is 11.2 Å². The zero-order chi connectivity index (χ0) is 12.5. The highest BCUT2D eigenvalue weighted by Gasteiger charge is 2.29. The van der Waals surface area contributed by atoms with Gasteiger partial charge >= 0.3 is 5.97 Å². The molecule has 1 rings (SSSR count). The van der Waals surface area contributed by atoms with Gasteiger partial charge in [-0.2, -0.15) is 0 Å². The van der Waals surface area contributed by atoms with Crippen molar-refractivity contribution in [1.82, 2.24) is 0 Å². The molecular weight excluding hydrogens is 204 g/mol. The van der Waals surface area contributed by atoms with Gasteiger partial charge in [0.1, 0.15) is 5.75 Å². The molecular formula is C13H18O3. The zero-order valence-electron chi connectivity index (χ0n) is 10.2. The Morgan fingerprint density at radius 2 is 1.75 bits per heavy atom. The number of carboxylic acids is 1. The Hall–Kier alpha value is -1.51. The lowest BCUT2D eigenvalue weighted by atomic mass is 9.83. The molecule has 1 aromatic rings. The Morgan fingerprint density at radius 1 is 1.25 bits per heavy atom. The minimum absolute atomic E-state index is 0.217. The second kappa shape index (κ2) is 4.16. The van der Waals surface area contributed by atoms with Gasteiger partial charge in [0.15, 0.2) is 0 Å². The van der Waals surface area contributed by atoms with E-state index in [2.05, 4.69) is 0 Å². The van der Waals surface area contributed by atoms with E-state index in [4.69, 9.17) is 5.11 Å². The summed E-state index contributed by atoms with van der Waals surface area (Å²) in [6, 6.07) is 3.74. The monoisotopic (exact) mass is 222 g/mol. The summed E-state index contributed by atoms with van der Waals surface area (Å²) in [5, 5.41) is 19.0. The summed E-state index contributed by atoms with van der Waals surface area (Å²) in [6.07, 6.45) is 0.335. The van der Waals surface area contributed by atoms with Gasteiger partial charge in [0.25, 0.3) is 0 Å². The van der Waals surface area contributed by atoms with Crippen molar-refractivity contribution < 1.29 is 15.0 Å². The molecule has 0 heterocycles. The van der Waals surface area contributed by atoms with E-state index in [0.717, 1.165) is 16.7 Å². The number of aromatic hydroxyl groups is 1. The highest BCUT2D eigenvalue weighted by molar-refractivity contribution is 5.74. The van der Waals surface area contributed by atoms with Crippen molar-refractivity contribution in [2.45, 2.75) is 34.1 Å². The van der Waals surface area contributed by atoms with E-state index in [9.17, 15) is 9.90 Å². The number of benzene rings is 1. The summed E-state index contributed by atoms with van der Waals surface area (Å²) in [7, 11) is 0. The molecule has 0 bridgehead atoms. The van der Waals surface area contributed by atoms with Gasteiger partial charge in [0.05, 0.1) is 5.41 Å². The maximum absolute atomic E-state index is 11.1. The van der Waals surface area contributed by atoms with Crippen LogP contribution in [0.3, 0.4) is 0 Å². The van der Waals surface area contributed by atoms with E-state index in [0.29, 0.717) is 6.42 Å². The van der Waals surface area contributed by atoms with Crippen LogP contribution in [0, 0.1) is 19.3 Å². The third-order valence-corrected chi connectivity index (χ3v) is 2.92. The molecule has 0 fully saturated rings. The van der Waals surface area contributed by atoms with Crippen LogP contribution in [-0.4, -0.2) is 16.2 Å². The van der Waals surface area contributed by atoms with Crippen molar-refractivity contribution in [3.63, 3.8) is 0 Å². The van der Waals surface area contributed by atoms with Crippen molar-refractivity contribution in [2.75, 3.05) is 0 Å². The van der Waals surface area contributed by atoms with E-state index in [1.807, 2.05) is 26.0 Å². The Balaban J connectivity index is 3.15. The quantitative estimate of drug-likeness (QED) is 0.826. The average molecular weight is 222 g/mol. The lowest BCUT2D eigenvalue weighted by molar-refractivity contribution is -0.146. The van der Waals surface area contributed by atoms with Gasteiger partial charge in [-0.3, -0.25) is 4.79 Å². The van der Waals surface area contributed by atoms with Gasteiger partial charge in [0, 0.05) is 0 Å². The first-order valence-electron chi connectivity index (χ1n) is 5.27. The van der Waals surface area contributed by atoms with Crippen molar-refractivity contribution >= 4 is 5.97 Å². The molecule has 0 radical (unpaired) electrons. The molecule has 88 valence electrons. The van der Waals surface area contributed by atoms with E-state index in [-0.39, 0.29) is 5.75 Å². The molecule has 0 spiro atoms. The summed E-state index contributed by atoms with van der Waals surface area (Å²) < 4.78 is 0. The predicted octanol–water partition coefficient (Wildman–Crippen LogP) is 2.66. The number of hydrogen-bond donors (Lipinski definition) is 2. The van der Waals surface area contributed by atoms with Gasteiger partial charge in [-0.1, -0.05) is 12.1 Å². The normalized spacial score (nSPS) is 11.5. The van der Waals surface area contributed by atoms with Crippen molar-refractivity contribution in [2.24, 2.45) is 5.41 Å². The minimum Gasteiger partial charge on any atom is -0.507 e. The van der Waals surface area contributed by atoms with Crippen LogP contribution in [0.25, 0.3) is 0 Å². The molecule has 0 saturated heterocycles. The maximum atomic E-state index is 11.1. The summed E-state index contributed by atoms with van der Waals surface area (Å²) in [4.78, 5) is 11.1. The SMILES string of the molecule is Cc1ccc(C)c(CC(C)(C)C(=O)O)c1O. The smallest absolute Gasteiger partial charge is 0.309 e. The summed E-state index contributed by atoms with van der Waals surface area (Å²) in [5.41, 5.74) is 1.57. The Labute approximate surface area is 95.7 Å². The van der Waals surface area contributed by atoms with Gasteiger partial charge in [0.2, 0.25) is 0 Å². The number of hydrogen-bond acceptors (Lipinski definition) is 2. The standard InChI is InChI=1S/C13H18O3/c1-8-5-6-9(2)11(14)10(8)7-13(3,4)12(15)16/h5-6,14H,7H2,1-4H3,(H,15,16). The first-order chi connectivity index (χ1) is 7.25. The van der Waals surface area contributed by atoms with Crippen molar-refractivity contribution in [3.8, 4) is 5.75 Å². The van der Waals surface area contributed by atoms with Gasteiger partial charge in [-0.05, 0) is 50.8 Å². The van der Waals surface area contributed by atoms with Gasteiger partial charge < -0.3 is 10.2 Å². The highest BCUT2D eigenvalue weighted by atomic mass is 16.4. The van der Waals surface area contributed by atoms with Crippen LogP contribution in [0.2, 0.25) is 0 Å². The first kappa shape index (κ1) is 12.6. The fraction of sp³-hybridized carbons (Fsp3) is 0.462. The summed E-state index contributed by atoms with van der Waals surface area (Å²) in [6.45, 7) is 7.02. The number of phenols is 1. The number of aryl methyl sites for hydroxylation is 2. The molecule has 0 aliphatic heterocycles. The van der Waals surface area contributed by atoms with E-state index in [1.165, 1.54) is 0 Å². The van der Waals surface area contributed by atoms with E-state index >= 15 is 0 Å².